The van der Waals surface area contributed by atoms with Crippen LogP contribution in [0.2, 0.25) is 0 Å². The van der Waals surface area contributed by atoms with E-state index in [9.17, 15) is 4.79 Å². The Kier molecular flexibility index (Phi) is 3.19. The average Bonchev–Trinajstić information content (AvgIpc) is 2.30. The maximum atomic E-state index is 12.2. The Morgan fingerprint density at radius 3 is 2.62 bits per heavy atom. The Morgan fingerprint density at radius 2 is 2.00 bits per heavy atom. The molecule has 1 aromatic heterocycles. The fourth-order valence-electron chi connectivity index (χ4n) is 1.89. The number of hydrogen-bond acceptors (Lipinski definition) is 3. The first-order valence-corrected chi connectivity index (χ1v) is 5.57. The molecule has 1 fully saturated rings. The van der Waals surface area contributed by atoms with Gasteiger partial charge in [0, 0.05) is 44.1 Å². The van der Waals surface area contributed by atoms with E-state index in [4.69, 9.17) is 0 Å². The van der Waals surface area contributed by atoms with Gasteiger partial charge in [0.15, 0.2) is 0 Å². The Morgan fingerprint density at radius 1 is 1.31 bits per heavy atom. The number of rotatable bonds is 1. The van der Waals surface area contributed by atoms with Crippen LogP contribution >= 0.6 is 0 Å². The van der Waals surface area contributed by atoms with Crippen LogP contribution in [-0.2, 0) is 0 Å². The summed E-state index contributed by atoms with van der Waals surface area (Å²) in [5.41, 5.74) is 1.73. The van der Waals surface area contributed by atoms with E-state index < -0.39 is 0 Å². The Labute approximate surface area is 95.9 Å². The van der Waals surface area contributed by atoms with Crippen LogP contribution in [0.5, 0.6) is 0 Å². The van der Waals surface area contributed by atoms with Gasteiger partial charge >= 0.3 is 0 Å². The number of aryl methyl sites for hydroxylation is 1. The zero-order valence-electron chi connectivity index (χ0n) is 9.81. The average molecular weight is 219 g/mol. The van der Waals surface area contributed by atoms with Gasteiger partial charge < -0.3 is 9.80 Å². The highest BCUT2D eigenvalue weighted by atomic mass is 16.2. The quantitative estimate of drug-likeness (QED) is 0.700. The van der Waals surface area contributed by atoms with E-state index >= 15 is 0 Å². The number of amides is 1. The third-order valence-corrected chi connectivity index (χ3v) is 3.04. The largest absolute Gasteiger partial charge is 0.336 e. The molecule has 16 heavy (non-hydrogen) atoms. The summed E-state index contributed by atoms with van der Waals surface area (Å²) in [4.78, 5) is 20.4. The predicted octanol–water partition coefficient (Wildman–Crippen LogP) is 0.778. The van der Waals surface area contributed by atoms with Crippen molar-refractivity contribution in [3.63, 3.8) is 0 Å². The van der Waals surface area contributed by atoms with E-state index in [0.29, 0.717) is 0 Å². The second-order valence-corrected chi connectivity index (χ2v) is 4.29. The number of carbonyl (C=O) groups excluding carboxylic acids is 1. The van der Waals surface area contributed by atoms with Crippen LogP contribution in [0.3, 0.4) is 0 Å². The lowest BCUT2D eigenvalue weighted by atomic mass is 10.1. The highest BCUT2D eigenvalue weighted by Crippen LogP contribution is 2.11. The fourth-order valence-corrected chi connectivity index (χ4v) is 1.89. The Hall–Kier alpha value is -1.42. The number of likely N-dealkylation sites (N-methyl/N-ethyl adjacent to an activating group) is 1. The van der Waals surface area contributed by atoms with E-state index in [1.807, 2.05) is 11.8 Å². The van der Waals surface area contributed by atoms with E-state index in [1.165, 1.54) is 0 Å². The molecule has 0 spiro atoms. The molecule has 1 saturated heterocycles. The first-order valence-electron chi connectivity index (χ1n) is 5.57. The van der Waals surface area contributed by atoms with Gasteiger partial charge in [0.1, 0.15) is 0 Å². The van der Waals surface area contributed by atoms with Gasteiger partial charge in [-0.15, -0.1) is 0 Å². The molecular weight excluding hydrogens is 202 g/mol. The van der Waals surface area contributed by atoms with Gasteiger partial charge in [0.05, 0.1) is 0 Å². The molecule has 86 valence electrons. The van der Waals surface area contributed by atoms with Crippen molar-refractivity contribution in [1.29, 1.82) is 0 Å². The molecular formula is C12H17N3O. The summed E-state index contributed by atoms with van der Waals surface area (Å²) in [6.45, 7) is 5.47. The second kappa shape index (κ2) is 4.61. The molecule has 0 bridgehead atoms. The van der Waals surface area contributed by atoms with E-state index in [1.54, 1.807) is 18.5 Å². The lowest BCUT2D eigenvalue weighted by Crippen LogP contribution is -2.47. The molecule has 1 amide bonds. The summed E-state index contributed by atoms with van der Waals surface area (Å²) in [6.07, 6.45) is 3.42. The molecule has 1 aromatic rings. The van der Waals surface area contributed by atoms with Crippen molar-refractivity contribution < 1.29 is 4.79 Å². The Balaban J connectivity index is 2.11. The number of pyridine rings is 1. The van der Waals surface area contributed by atoms with Gasteiger partial charge in [-0.2, -0.15) is 0 Å². The lowest BCUT2D eigenvalue weighted by molar-refractivity contribution is 0.0663. The van der Waals surface area contributed by atoms with Crippen molar-refractivity contribution in [2.45, 2.75) is 6.92 Å². The molecule has 0 unspecified atom stereocenters. The van der Waals surface area contributed by atoms with Crippen LogP contribution in [0, 0.1) is 6.92 Å². The van der Waals surface area contributed by atoms with E-state index in [-0.39, 0.29) is 5.91 Å². The number of piperazine rings is 1. The minimum absolute atomic E-state index is 0.132. The summed E-state index contributed by atoms with van der Waals surface area (Å²) in [6, 6.07) is 1.80. The highest BCUT2D eigenvalue weighted by molar-refractivity contribution is 5.95. The summed E-state index contributed by atoms with van der Waals surface area (Å²) in [5, 5.41) is 0. The molecule has 0 radical (unpaired) electrons. The summed E-state index contributed by atoms with van der Waals surface area (Å²) >= 11 is 0. The zero-order valence-corrected chi connectivity index (χ0v) is 9.81. The van der Waals surface area contributed by atoms with Gasteiger partial charge in [-0.1, -0.05) is 0 Å². The van der Waals surface area contributed by atoms with Crippen LogP contribution < -0.4 is 0 Å². The standard InChI is InChI=1S/C12H17N3O/c1-10-9-13-4-3-11(10)12(16)15-7-5-14(2)6-8-15/h3-4,9H,5-8H2,1-2H3. The van der Waals surface area contributed by atoms with Crippen molar-refractivity contribution in [1.82, 2.24) is 14.8 Å². The number of hydrogen-bond donors (Lipinski definition) is 0. The molecule has 4 heteroatoms. The fraction of sp³-hybridized carbons (Fsp3) is 0.500. The van der Waals surface area contributed by atoms with Crippen molar-refractivity contribution in [3.05, 3.63) is 29.6 Å². The summed E-state index contributed by atoms with van der Waals surface area (Å²) < 4.78 is 0. The molecule has 4 nitrogen and oxygen atoms in total. The van der Waals surface area contributed by atoms with Crippen LogP contribution in [0.25, 0.3) is 0 Å². The minimum atomic E-state index is 0.132. The van der Waals surface area contributed by atoms with Gasteiger partial charge in [-0.05, 0) is 25.6 Å². The molecule has 2 heterocycles. The van der Waals surface area contributed by atoms with Crippen molar-refractivity contribution in [2.24, 2.45) is 0 Å². The van der Waals surface area contributed by atoms with Gasteiger partial charge in [0.25, 0.3) is 5.91 Å². The maximum Gasteiger partial charge on any atom is 0.254 e. The first-order chi connectivity index (χ1) is 7.68. The molecule has 0 saturated carbocycles. The first kappa shape index (κ1) is 11.1. The Bertz CT molecular complexity index is 384. The molecule has 0 aromatic carbocycles. The van der Waals surface area contributed by atoms with Crippen LogP contribution in [0.4, 0.5) is 0 Å². The van der Waals surface area contributed by atoms with E-state index in [2.05, 4.69) is 16.9 Å². The van der Waals surface area contributed by atoms with Gasteiger partial charge in [-0.25, -0.2) is 0 Å². The molecule has 0 N–H and O–H groups in total. The normalized spacial score (nSPS) is 17.5. The van der Waals surface area contributed by atoms with Crippen molar-refractivity contribution in [3.8, 4) is 0 Å². The topological polar surface area (TPSA) is 36.4 Å². The molecule has 2 rings (SSSR count). The van der Waals surface area contributed by atoms with Gasteiger partial charge in [0.2, 0.25) is 0 Å². The highest BCUT2D eigenvalue weighted by Gasteiger charge is 2.21. The lowest BCUT2D eigenvalue weighted by Gasteiger charge is -2.32. The van der Waals surface area contributed by atoms with Crippen LogP contribution in [0.15, 0.2) is 18.5 Å². The predicted molar refractivity (Wildman–Crippen MR) is 62.4 cm³/mol. The SMILES string of the molecule is Cc1cnccc1C(=O)N1CCN(C)CC1. The smallest absolute Gasteiger partial charge is 0.254 e. The van der Waals surface area contributed by atoms with E-state index in [0.717, 1.165) is 37.3 Å². The van der Waals surface area contributed by atoms with Crippen LogP contribution in [-0.4, -0.2) is 53.9 Å². The molecule has 1 aliphatic heterocycles. The summed E-state index contributed by atoms with van der Waals surface area (Å²) in [5.74, 6) is 0.132. The van der Waals surface area contributed by atoms with Crippen molar-refractivity contribution >= 4 is 5.91 Å². The second-order valence-electron chi connectivity index (χ2n) is 4.29. The maximum absolute atomic E-state index is 12.2. The third kappa shape index (κ3) is 2.22. The van der Waals surface area contributed by atoms with Gasteiger partial charge in [-0.3, -0.25) is 9.78 Å². The minimum Gasteiger partial charge on any atom is -0.336 e. The zero-order chi connectivity index (χ0) is 11.5. The molecule has 0 aliphatic carbocycles. The number of carbonyl (C=O) groups is 1. The number of aromatic nitrogens is 1. The summed E-state index contributed by atoms with van der Waals surface area (Å²) in [7, 11) is 2.08. The molecule has 1 aliphatic rings. The van der Waals surface area contributed by atoms with Crippen LogP contribution in [0.1, 0.15) is 15.9 Å². The molecule has 0 atom stereocenters. The third-order valence-electron chi connectivity index (χ3n) is 3.04. The van der Waals surface area contributed by atoms with Crippen molar-refractivity contribution in [2.75, 3.05) is 33.2 Å². The number of nitrogens with zero attached hydrogens (tertiary/aromatic N) is 3. The monoisotopic (exact) mass is 219 g/mol.